The minimum Gasteiger partial charge on any atom is -0.325 e. The molecule has 2 atom stereocenters. The largest absolute Gasteiger partial charge is 0.325 e. The Kier molecular flexibility index (Phi) is 2.85. The van der Waals surface area contributed by atoms with Crippen LogP contribution in [0.25, 0.3) is 0 Å². The van der Waals surface area contributed by atoms with Crippen molar-refractivity contribution < 1.29 is 13.2 Å². The standard InChI is InChI=1S/C10H12F3N/c1-6(14)10(2,13)7-4-3-5-8(11)9(7)12/h3-6H,14H2,1-2H3. The molecular formula is C10H12F3N. The molecule has 0 bridgehead atoms. The van der Waals surface area contributed by atoms with E-state index < -0.39 is 23.3 Å². The first kappa shape index (κ1) is 11.0. The lowest BCUT2D eigenvalue weighted by molar-refractivity contribution is 0.150. The van der Waals surface area contributed by atoms with E-state index >= 15 is 0 Å². The Hall–Kier alpha value is -1.03. The number of benzene rings is 1. The predicted octanol–water partition coefficient (Wildman–Crippen LogP) is 2.50. The van der Waals surface area contributed by atoms with Gasteiger partial charge >= 0.3 is 0 Å². The van der Waals surface area contributed by atoms with Crippen molar-refractivity contribution in [3.63, 3.8) is 0 Å². The van der Waals surface area contributed by atoms with Gasteiger partial charge in [0.1, 0.15) is 0 Å². The van der Waals surface area contributed by atoms with Gasteiger partial charge in [-0.05, 0) is 19.9 Å². The summed E-state index contributed by atoms with van der Waals surface area (Å²) in [6, 6.07) is 2.49. The van der Waals surface area contributed by atoms with Crippen LogP contribution in [0.3, 0.4) is 0 Å². The maximum atomic E-state index is 13.9. The molecule has 0 saturated carbocycles. The van der Waals surface area contributed by atoms with Gasteiger partial charge in [-0.25, -0.2) is 13.2 Å². The minimum absolute atomic E-state index is 0.340. The molecule has 0 heterocycles. The maximum Gasteiger partial charge on any atom is 0.165 e. The molecule has 1 aromatic carbocycles. The summed E-state index contributed by atoms with van der Waals surface area (Å²) in [7, 11) is 0. The summed E-state index contributed by atoms with van der Waals surface area (Å²) in [6.07, 6.45) is 0. The molecular weight excluding hydrogens is 191 g/mol. The Morgan fingerprint density at radius 3 is 2.43 bits per heavy atom. The molecule has 1 rings (SSSR count). The van der Waals surface area contributed by atoms with Crippen molar-refractivity contribution >= 4 is 0 Å². The summed E-state index contributed by atoms with van der Waals surface area (Å²) < 4.78 is 39.8. The molecule has 1 nitrogen and oxygen atoms in total. The van der Waals surface area contributed by atoms with Crippen molar-refractivity contribution in [2.75, 3.05) is 0 Å². The second-order valence-electron chi connectivity index (χ2n) is 3.47. The van der Waals surface area contributed by atoms with Gasteiger partial charge in [0.05, 0.1) is 0 Å². The van der Waals surface area contributed by atoms with Gasteiger partial charge in [0.2, 0.25) is 0 Å². The highest BCUT2D eigenvalue weighted by Gasteiger charge is 2.34. The highest BCUT2D eigenvalue weighted by atomic mass is 19.2. The van der Waals surface area contributed by atoms with Gasteiger partial charge < -0.3 is 5.73 Å². The van der Waals surface area contributed by atoms with Crippen LogP contribution in [0.1, 0.15) is 19.4 Å². The monoisotopic (exact) mass is 203 g/mol. The van der Waals surface area contributed by atoms with Crippen LogP contribution >= 0.6 is 0 Å². The molecule has 2 N–H and O–H groups in total. The number of halogens is 3. The molecule has 0 aliphatic rings. The Labute approximate surface area is 80.7 Å². The van der Waals surface area contributed by atoms with Gasteiger partial charge in [0.15, 0.2) is 17.3 Å². The molecule has 0 radical (unpaired) electrons. The zero-order valence-electron chi connectivity index (χ0n) is 8.02. The highest BCUT2D eigenvalue weighted by molar-refractivity contribution is 5.26. The normalized spacial score (nSPS) is 17.6. The molecule has 0 aliphatic heterocycles. The summed E-state index contributed by atoms with van der Waals surface area (Å²) in [5, 5.41) is 0. The fourth-order valence-corrected chi connectivity index (χ4v) is 1.13. The second-order valence-corrected chi connectivity index (χ2v) is 3.47. The Balaban J connectivity index is 3.26. The van der Waals surface area contributed by atoms with Crippen molar-refractivity contribution in [3.05, 3.63) is 35.4 Å². The third-order valence-corrected chi connectivity index (χ3v) is 2.33. The molecule has 2 unspecified atom stereocenters. The van der Waals surface area contributed by atoms with E-state index in [1.807, 2.05) is 0 Å². The molecule has 0 aliphatic carbocycles. The van der Waals surface area contributed by atoms with E-state index in [0.717, 1.165) is 13.0 Å². The van der Waals surface area contributed by atoms with Crippen LogP contribution in [0.2, 0.25) is 0 Å². The van der Waals surface area contributed by atoms with Crippen LogP contribution in [-0.2, 0) is 5.67 Å². The lowest BCUT2D eigenvalue weighted by Crippen LogP contribution is -2.37. The average Bonchev–Trinajstić information content (AvgIpc) is 2.09. The van der Waals surface area contributed by atoms with Crippen LogP contribution in [-0.4, -0.2) is 6.04 Å². The van der Waals surface area contributed by atoms with Crippen LogP contribution < -0.4 is 5.73 Å². The summed E-state index contributed by atoms with van der Waals surface area (Å²) >= 11 is 0. The van der Waals surface area contributed by atoms with E-state index in [9.17, 15) is 13.2 Å². The summed E-state index contributed by atoms with van der Waals surface area (Å²) in [4.78, 5) is 0. The quantitative estimate of drug-likeness (QED) is 0.785. The number of hydrogen-bond acceptors (Lipinski definition) is 1. The van der Waals surface area contributed by atoms with Gasteiger partial charge in [-0.1, -0.05) is 12.1 Å². The molecule has 14 heavy (non-hydrogen) atoms. The number of alkyl halides is 1. The lowest BCUT2D eigenvalue weighted by atomic mass is 9.91. The zero-order valence-corrected chi connectivity index (χ0v) is 8.02. The third-order valence-electron chi connectivity index (χ3n) is 2.33. The lowest BCUT2D eigenvalue weighted by Gasteiger charge is -2.25. The van der Waals surface area contributed by atoms with E-state index in [1.165, 1.54) is 19.1 Å². The Morgan fingerprint density at radius 2 is 1.93 bits per heavy atom. The van der Waals surface area contributed by atoms with Gasteiger partial charge in [-0.2, -0.15) is 0 Å². The molecule has 0 fully saturated rings. The van der Waals surface area contributed by atoms with Crippen LogP contribution in [0.15, 0.2) is 18.2 Å². The van der Waals surface area contributed by atoms with Crippen LogP contribution in [0, 0.1) is 11.6 Å². The fraction of sp³-hybridized carbons (Fsp3) is 0.400. The highest BCUT2D eigenvalue weighted by Crippen LogP contribution is 2.31. The first-order chi connectivity index (χ1) is 6.37. The summed E-state index contributed by atoms with van der Waals surface area (Å²) in [5.74, 6) is -2.23. The molecule has 0 amide bonds. The Bertz CT molecular complexity index is 334. The smallest absolute Gasteiger partial charge is 0.165 e. The molecule has 0 saturated heterocycles. The SMILES string of the molecule is CC(N)C(C)(F)c1cccc(F)c1F. The summed E-state index contributed by atoms with van der Waals surface area (Å²) in [5.41, 5.74) is 2.95. The van der Waals surface area contributed by atoms with E-state index in [2.05, 4.69) is 0 Å². The van der Waals surface area contributed by atoms with Crippen LogP contribution in [0.4, 0.5) is 13.2 Å². The molecule has 78 valence electrons. The number of nitrogens with two attached hydrogens (primary N) is 1. The molecule has 0 aromatic heterocycles. The van der Waals surface area contributed by atoms with Gasteiger partial charge in [0.25, 0.3) is 0 Å². The second kappa shape index (κ2) is 3.61. The van der Waals surface area contributed by atoms with Crippen molar-refractivity contribution in [1.29, 1.82) is 0 Å². The fourth-order valence-electron chi connectivity index (χ4n) is 1.13. The van der Waals surface area contributed by atoms with Gasteiger partial charge in [0, 0.05) is 11.6 Å². The van der Waals surface area contributed by atoms with E-state index in [0.29, 0.717) is 0 Å². The van der Waals surface area contributed by atoms with E-state index in [4.69, 9.17) is 5.73 Å². The average molecular weight is 203 g/mol. The Morgan fingerprint density at radius 1 is 1.36 bits per heavy atom. The van der Waals surface area contributed by atoms with Gasteiger partial charge in [-0.15, -0.1) is 0 Å². The number of rotatable bonds is 2. The molecule has 0 spiro atoms. The molecule has 4 heteroatoms. The van der Waals surface area contributed by atoms with Crippen LogP contribution in [0.5, 0.6) is 0 Å². The van der Waals surface area contributed by atoms with E-state index in [-0.39, 0.29) is 5.56 Å². The topological polar surface area (TPSA) is 26.0 Å². The first-order valence-electron chi connectivity index (χ1n) is 4.26. The number of hydrogen-bond donors (Lipinski definition) is 1. The first-order valence-corrected chi connectivity index (χ1v) is 4.26. The summed E-state index contributed by atoms with van der Waals surface area (Å²) in [6.45, 7) is 2.54. The molecule has 1 aromatic rings. The maximum absolute atomic E-state index is 13.9. The van der Waals surface area contributed by atoms with Crippen molar-refractivity contribution in [1.82, 2.24) is 0 Å². The predicted molar refractivity (Wildman–Crippen MR) is 48.5 cm³/mol. The minimum atomic E-state index is -2.06. The zero-order chi connectivity index (χ0) is 10.9. The van der Waals surface area contributed by atoms with Crippen molar-refractivity contribution in [2.24, 2.45) is 5.73 Å². The van der Waals surface area contributed by atoms with Gasteiger partial charge in [-0.3, -0.25) is 0 Å². The van der Waals surface area contributed by atoms with E-state index in [1.54, 1.807) is 0 Å². The van der Waals surface area contributed by atoms with Crippen molar-refractivity contribution in [3.8, 4) is 0 Å². The van der Waals surface area contributed by atoms with Crippen molar-refractivity contribution in [2.45, 2.75) is 25.6 Å². The third kappa shape index (κ3) is 1.75.